The zero-order chi connectivity index (χ0) is 11.8. The fourth-order valence-corrected chi connectivity index (χ4v) is 3.21. The van der Waals surface area contributed by atoms with Gasteiger partial charge in [-0.25, -0.2) is 0 Å². The van der Waals surface area contributed by atoms with Gasteiger partial charge in [0.05, 0.1) is 18.0 Å². The second kappa shape index (κ2) is 4.09. The molecule has 1 aliphatic rings. The van der Waals surface area contributed by atoms with Crippen LogP contribution in [0.5, 0.6) is 0 Å². The van der Waals surface area contributed by atoms with Gasteiger partial charge in [0.1, 0.15) is 0 Å². The van der Waals surface area contributed by atoms with Crippen LogP contribution in [0.25, 0.3) is 0 Å². The molecular formula is C14H13NOS. The molecule has 0 aliphatic carbocycles. The molecule has 0 fully saturated rings. The number of fused-ring (bicyclic) bond motifs is 2. The Bertz CT molecular complexity index is 580. The first-order valence-corrected chi connectivity index (χ1v) is 6.38. The molecule has 0 amide bonds. The minimum absolute atomic E-state index is 0.0936. The quantitative estimate of drug-likeness (QED) is 0.683. The highest BCUT2D eigenvalue weighted by Crippen LogP contribution is 2.45. The molecule has 0 atom stereocenters. The molecule has 86 valence electrons. The van der Waals surface area contributed by atoms with Gasteiger partial charge in [-0.3, -0.25) is 0 Å². The maximum atomic E-state index is 9.23. The van der Waals surface area contributed by atoms with Gasteiger partial charge >= 0.3 is 0 Å². The number of nitrogens with one attached hydrogen (secondary N) is 1. The van der Waals surface area contributed by atoms with E-state index in [2.05, 4.69) is 30.4 Å². The van der Waals surface area contributed by atoms with Crippen LogP contribution in [0.1, 0.15) is 11.1 Å². The number of para-hydroxylation sites is 1. The van der Waals surface area contributed by atoms with E-state index in [1.807, 2.05) is 18.2 Å². The van der Waals surface area contributed by atoms with E-state index in [4.69, 9.17) is 0 Å². The molecule has 1 heterocycles. The monoisotopic (exact) mass is 243 g/mol. The van der Waals surface area contributed by atoms with Crippen molar-refractivity contribution in [3.8, 4) is 0 Å². The van der Waals surface area contributed by atoms with E-state index < -0.39 is 0 Å². The molecule has 0 saturated heterocycles. The van der Waals surface area contributed by atoms with Crippen LogP contribution in [0.4, 0.5) is 11.4 Å². The fraction of sp³-hybridized carbons (Fsp3) is 0.143. The maximum Gasteiger partial charge on any atom is 0.0682 e. The third-order valence-corrected chi connectivity index (χ3v) is 4.03. The van der Waals surface area contributed by atoms with Crippen LogP contribution in [0.3, 0.4) is 0 Å². The number of aliphatic hydroxyl groups excluding tert-OH is 1. The molecule has 3 heteroatoms. The van der Waals surface area contributed by atoms with Crippen LogP contribution < -0.4 is 5.32 Å². The molecule has 2 aromatic rings. The minimum Gasteiger partial charge on any atom is -0.392 e. The number of aryl methyl sites for hydroxylation is 1. The van der Waals surface area contributed by atoms with Crippen LogP contribution in [0, 0.1) is 6.92 Å². The molecule has 3 rings (SSSR count). The average molecular weight is 243 g/mol. The highest BCUT2D eigenvalue weighted by atomic mass is 32.2. The van der Waals surface area contributed by atoms with Crippen molar-refractivity contribution in [2.24, 2.45) is 0 Å². The third-order valence-electron chi connectivity index (χ3n) is 2.91. The Hall–Kier alpha value is -1.45. The molecular weight excluding hydrogens is 230 g/mol. The Kier molecular flexibility index (Phi) is 2.57. The second-order valence-corrected chi connectivity index (χ2v) is 5.25. The van der Waals surface area contributed by atoms with Gasteiger partial charge in [-0.1, -0.05) is 30.0 Å². The van der Waals surface area contributed by atoms with Crippen molar-refractivity contribution >= 4 is 23.1 Å². The lowest BCUT2D eigenvalue weighted by Crippen LogP contribution is -2.02. The van der Waals surface area contributed by atoms with Crippen molar-refractivity contribution in [2.75, 3.05) is 5.32 Å². The van der Waals surface area contributed by atoms with E-state index in [-0.39, 0.29) is 6.61 Å². The lowest BCUT2D eigenvalue weighted by molar-refractivity contribution is 0.281. The SMILES string of the molecule is Cc1cc(CO)cc2c1Nc1ccccc1S2. The van der Waals surface area contributed by atoms with E-state index in [0.717, 1.165) is 16.9 Å². The standard InChI is InChI=1S/C14H13NOS/c1-9-6-10(8-16)7-13-14(9)15-11-4-2-3-5-12(11)17-13/h2-7,15-16H,8H2,1H3. The molecule has 0 saturated carbocycles. The van der Waals surface area contributed by atoms with Crippen molar-refractivity contribution in [3.05, 3.63) is 47.5 Å². The first kappa shape index (κ1) is 10.7. The van der Waals surface area contributed by atoms with E-state index in [1.54, 1.807) is 11.8 Å². The molecule has 2 aromatic carbocycles. The second-order valence-electron chi connectivity index (χ2n) is 4.17. The van der Waals surface area contributed by atoms with E-state index in [9.17, 15) is 5.11 Å². The van der Waals surface area contributed by atoms with Gasteiger partial charge in [-0.15, -0.1) is 0 Å². The summed E-state index contributed by atoms with van der Waals surface area (Å²) < 4.78 is 0. The Morgan fingerprint density at radius 3 is 2.82 bits per heavy atom. The molecule has 2 N–H and O–H groups in total. The average Bonchev–Trinajstić information content (AvgIpc) is 2.36. The fourth-order valence-electron chi connectivity index (χ4n) is 2.07. The number of hydrogen-bond acceptors (Lipinski definition) is 3. The van der Waals surface area contributed by atoms with Gasteiger partial charge in [0.2, 0.25) is 0 Å². The molecule has 0 aromatic heterocycles. The Morgan fingerprint density at radius 2 is 2.00 bits per heavy atom. The zero-order valence-corrected chi connectivity index (χ0v) is 10.3. The van der Waals surface area contributed by atoms with Crippen molar-refractivity contribution in [2.45, 2.75) is 23.3 Å². The summed E-state index contributed by atoms with van der Waals surface area (Å²) in [6, 6.07) is 12.4. The predicted octanol–water partition coefficient (Wildman–Crippen LogP) is 3.70. The summed E-state index contributed by atoms with van der Waals surface area (Å²) in [7, 11) is 0. The molecule has 0 bridgehead atoms. The molecule has 17 heavy (non-hydrogen) atoms. The van der Waals surface area contributed by atoms with Crippen molar-refractivity contribution in [3.63, 3.8) is 0 Å². The van der Waals surface area contributed by atoms with E-state index in [1.165, 1.54) is 15.4 Å². The largest absolute Gasteiger partial charge is 0.392 e. The predicted molar refractivity (Wildman–Crippen MR) is 70.9 cm³/mol. The number of hydrogen-bond donors (Lipinski definition) is 2. The Morgan fingerprint density at radius 1 is 1.18 bits per heavy atom. The lowest BCUT2D eigenvalue weighted by atomic mass is 10.1. The van der Waals surface area contributed by atoms with Crippen LogP contribution >= 0.6 is 11.8 Å². The smallest absolute Gasteiger partial charge is 0.0682 e. The first-order chi connectivity index (χ1) is 8.28. The normalized spacial score (nSPS) is 12.6. The van der Waals surface area contributed by atoms with Gasteiger partial charge in [0, 0.05) is 9.79 Å². The Labute approximate surface area is 105 Å². The minimum atomic E-state index is 0.0936. The van der Waals surface area contributed by atoms with Crippen molar-refractivity contribution in [1.82, 2.24) is 0 Å². The molecule has 1 aliphatic heterocycles. The number of aliphatic hydroxyl groups is 1. The third kappa shape index (κ3) is 1.81. The summed E-state index contributed by atoms with van der Waals surface area (Å²) in [6.07, 6.45) is 0. The van der Waals surface area contributed by atoms with Gasteiger partial charge in [0.15, 0.2) is 0 Å². The molecule has 0 unspecified atom stereocenters. The number of anilines is 2. The molecule has 0 radical (unpaired) electrons. The number of benzene rings is 2. The summed E-state index contributed by atoms with van der Waals surface area (Å²) in [4.78, 5) is 2.42. The highest BCUT2D eigenvalue weighted by molar-refractivity contribution is 7.99. The Balaban J connectivity index is 2.11. The topological polar surface area (TPSA) is 32.3 Å². The summed E-state index contributed by atoms with van der Waals surface area (Å²) >= 11 is 1.75. The first-order valence-electron chi connectivity index (χ1n) is 5.56. The van der Waals surface area contributed by atoms with Crippen LogP contribution in [0.15, 0.2) is 46.2 Å². The summed E-state index contributed by atoms with van der Waals surface area (Å²) in [5.41, 5.74) is 4.46. The summed E-state index contributed by atoms with van der Waals surface area (Å²) in [5, 5.41) is 12.7. The lowest BCUT2D eigenvalue weighted by Gasteiger charge is -2.23. The molecule has 2 nitrogen and oxygen atoms in total. The van der Waals surface area contributed by atoms with E-state index >= 15 is 0 Å². The van der Waals surface area contributed by atoms with E-state index in [0.29, 0.717) is 0 Å². The van der Waals surface area contributed by atoms with Gasteiger partial charge < -0.3 is 10.4 Å². The van der Waals surface area contributed by atoms with Gasteiger partial charge in [-0.05, 0) is 36.2 Å². The summed E-state index contributed by atoms with van der Waals surface area (Å²) in [5.74, 6) is 0. The van der Waals surface area contributed by atoms with Crippen LogP contribution in [-0.4, -0.2) is 5.11 Å². The van der Waals surface area contributed by atoms with Crippen LogP contribution in [0.2, 0.25) is 0 Å². The highest BCUT2D eigenvalue weighted by Gasteiger charge is 2.17. The zero-order valence-electron chi connectivity index (χ0n) is 9.53. The van der Waals surface area contributed by atoms with Gasteiger partial charge in [-0.2, -0.15) is 0 Å². The summed E-state index contributed by atoms with van der Waals surface area (Å²) in [6.45, 7) is 2.16. The van der Waals surface area contributed by atoms with Crippen molar-refractivity contribution < 1.29 is 5.11 Å². The van der Waals surface area contributed by atoms with Crippen molar-refractivity contribution in [1.29, 1.82) is 0 Å². The molecule has 0 spiro atoms. The van der Waals surface area contributed by atoms with Crippen LogP contribution in [-0.2, 0) is 6.61 Å². The maximum absolute atomic E-state index is 9.23. The number of rotatable bonds is 1. The van der Waals surface area contributed by atoms with Gasteiger partial charge in [0.25, 0.3) is 0 Å².